The Hall–Kier alpha value is -2.08. The van der Waals surface area contributed by atoms with Gasteiger partial charge in [0.25, 0.3) is 0 Å². The van der Waals surface area contributed by atoms with Crippen LogP contribution in [0.5, 0.6) is 0 Å². The van der Waals surface area contributed by atoms with Crippen LogP contribution < -0.4 is 15.5 Å². The van der Waals surface area contributed by atoms with Crippen LogP contribution >= 0.6 is 12.2 Å². The largest absolute Gasteiger partial charge is 0.428 e. The number of nitrogens with one attached hydrogen (secondary N) is 2. The fraction of sp³-hybridized carbons (Fsp3) is 0.375. The maximum Gasteiger partial charge on any atom is 0.301 e. The maximum absolute atomic E-state index is 5.69. The second kappa shape index (κ2) is 6.36. The number of hydrogen-bond acceptors (Lipinski definition) is 4. The normalized spacial score (nSPS) is 14.3. The molecule has 1 fully saturated rings. The zero-order chi connectivity index (χ0) is 15.5. The Morgan fingerprint density at radius 2 is 1.95 bits per heavy atom. The van der Waals surface area contributed by atoms with Crippen molar-refractivity contribution in [3.8, 4) is 0 Å². The second-order valence-electron chi connectivity index (χ2n) is 5.72. The Kier molecular flexibility index (Phi) is 4.29. The van der Waals surface area contributed by atoms with Crippen LogP contribution in [0.15, 0.2) is 34.9 Å². The van der Waals surface area contributed by atoms with E-state index in [1.165, 1.54) is 19.3 Å². The van der Waals surface area contributed by atoms with Crippen molar-refractivity contribution in [2.45, 2.75) is 25.2 Å². The lowest BCUT2D eigenvalue weighted by Gasteiger charge is -2.22. The number of thiocarbonyl (C=S) groups is 1. The summed E-state index contributed by atoms with van der Waals surface area (Å²) in [6.45, 7) is 0. The van der Waals surface area contributed by atoms with Crippen molar-refractivity contribution in [2.24, 2.45) is 0 Å². The van der Waals surface area contributed by atoms with Crippen LogP contribution in [0.1, 0.15) is 30.9 Å². The molecule has 22 heavy (non-hydrogen) atoms. The van der Waals surface area contributed by atoms with E-state index in [1.54, 1.807) is 6.20 Å². The molecule has 116 valence electrons. The summed E-state index contributed by atoms with van der Waals surface area (Å²) in [7, 11) is 4.02. The molecule has 0 amide bonds. The van der Waals surface area contributed by atoms with E-state index in [-0.39, 0.29) is 0 Å². The van der Waals surface area contributed by atoms with Crippen LogP contribution in [0.25, 0.3) is 0 Å². The molecule has 0 radical (unpaired) electrons. The van der Waals surface area contributed by atoms with E-state index in [4.69, 9.17) is 16.6 Å². The minimum atomic E-state index is 0.448. The van der Waals surface area contributed by atoms with Gasteiger partial charge in [-0.1, -0.05) is 6.42 Å². The van der Waals surface area contributed by atoms with Gasteiger partial charge in [-0.25, -0.2) is 4.98 Å². The molecule has 1 saturated carbocycles. The summed E-state index contributed by atoms with van der Waals surface area (Å²) >= 11 is 5.29. The number of anilines is 3. The molecular weight excluding hydrogens is 296 g/mol. The first-order valence-electron chi connectivity index (χ1n) is 7.43. The van der Waals surface area contributed by atoms with E-state index >= 15 is 0 Å². The van der Waals surface area contributed by atoms with E-state index in [0.717, 1.165) is 17.1 Å². The zero-order valence-corrected chi connectivity index (χ0v) is 13.6. The number of rotatable bonds is 4. The van der Waals surface area contributed by atoms with E-state index in [2.05, 4.69) is 20.5 Å². The minimum Gasteiger partial charge on any atom is -0.428 e. The van der Waals surface area contributed by atoms with E-state index in [9.17, 15) is 0 Å². The lowest BCUT2D eigenvalue weighted by Crippen LogP contribution is -2.19. The van der Waals surface area contributed by atoms with E-state index in [0.29, 0.717) is 17.0 Å². The molecule has 6 heteroatoms. The fourth-order valence-electron chi connectivity index (χ4n) is 2.33. The molecule has 0 bridgehead atoms. The average Bonchev–Trinajstić information content (AvgIpc) is 2.85. The molecule has 5 nitrogen and oxygen atoms in total. The van der Waals surface area contributed by atoms with E-state index < -0.39 is 0 Å². The Labute approximate surface area is 135 Å². The Morgan fingerprint density at radius 3 is 2.55 bits per heavy atom. The highest BCUT2D eigenvalue weighted by Crippen LogP contribution is 2.37. The molecule has 2 N–H and O–H groups in total. The van der Waals surface area contributed by atoms with Gasteiger partial charge in [-0.05, 0) is 49.3 Å². The summed E-state index contributed by atoms with van der Waals surface area (Å²) in [5.74, 6) is 1.48. The molecule has 1 aromatic carbocycles. The van der Waals surface area contributed by atoms with Crippen LogP contribution in [0.4, 0.5) is 17.4 Å². The summed E-state index contributed by atoms with van der Waals surface area (Å²) < 4.78 is 5.69. The topological polar surface area (TPSA) is 53.3 Å². The summed E-state index contributed by atoms with van der Waals surface area (Å²) in [6.07, 6.45) is 5.45. The first-order chi connectivity index (χ1) is 10.6. The Balaban J connectivity index is 1.56. The number of nitrogens with zero attached hydrogens (tertiary/aromatic N) is 2. The Bertz CT molecular complexity index is 646. The van der Waals surface area contributed by atoms with Crippen molar-refractivity contribution in [1.29, 1.82) is 0 Å². The van der Waals surface area contributed by atoms with Gasteiger partial charge in [-0.3, -0.25) is 5.32 Å². The zero-order valence-electron chi connectivity index (χ0n) is 12.8. The highest BCUT2D eigenvalue weighted by atomic mass is 32.1. The van der Waals surface area contributed by atoms with Crippen molar-refractivity contribution in [3.63, 3.8) is 0 Å². The summed E-state index contributed by atoms with van der Waals surface area (Å²) in [6, 6.07) is 8.48. The third kappa shape index (κ3) is 3.39. The predicted octanol–water partition coefficient (Wildman–Crippen LogP) is 3.82. The Morgan fingerprint density at radius 1 is 1.23 bits per heavy atom. The highest BCUT2D eigenvalue weighted by molar-refractivity contribution is 7.80. The molecule has 0 spiro atoms. The van der Waals surface area contributed by atoms with Gasteiger partial charge >= 0.3 is 6.01 Å². The third-order valence-corrected chi connectivity index (χ3v) is 4.10. The van der Waals surface area contributed by atoms with Crippen LogP contribution in [0.2, 0.25) is 0 Å². The van der Waals surface area contributed by atoms with Crippen LogP contribution in [0.3, 0.4) is 0 Å². The lowest BCUT2D eigenvalue weighted by atomic mass is 9.84. The predicted molar refractivity (Wildman–Crippen MR) is 93.7 cm³/mol. The fourth-order valence-corrected chi connectivity index (χ4v) is 2.53. The molecule has 1 aliphatic carbocycles. The van der Waals surface area contributed by atoms with E-state index in [1.807, 2.05) is 38.4 Å². The smallest absolute Gasteiger partial charge is 0.301 e. The first-order valence-corrected chi connectivity index (χ1v) is 7.84. The standard InChI is InChI=1S/C16H20N4OS/c1-20(2)13-8-6-12(7-9-13)18-16(22)19-15-17-10-14(21-15)11-4-3-5-11/h6-11H,3-5H2,1-2H3,(H2,17,18,19,22). The summed E-state index contributed by atoms with van der Waals surface area (Å²) in [5, 5.41) is 6.58. The van der Waals surface area contributed by atoms with Gasteiger partial charge in [0, 0.05) is 31.4 Å². The lowest BCUT2D eigenvalue weighted by molar-refractivity contribution is 0.351. The molecule has 1 heterocycles. The molecule has 0 aliphatic heterocycles. The molecule has 0 unspecified atom stereocenters. The van der Waals surface area contributed by atoms with Gasteiger partial charge in [0.15, 0.2) is 5.11 Å². The monoisotopic (exact) mass is 316 g/mol. The summed E-state index contributed by atoms with van der Waals surface area (Å²) in [4.78, 5) is 6.28. The highest BCUT2D eigenvalue weighted by Gasteiger charge is 2.23. The summed E-state index contributed by atoms with van der Waals surface area (Å²) in [5.41, 5.74) is 2.07. The number of aromatic nitrogens is 1. The molecule has 2 aromatic rings. The van der Waals surface area contributed by atoms with Gasteiger partial charge in [0.2, 0.25) is 0 Å². The first kappa shape index (κ1) is 14.8. The SMILES string of the molecule is CN(C)c1ccc(NC(=S)Nc2ncc(C3CCC3)o2)cc1. The van der Waals surface area contributed by atoms with Crippen molar-refractivity contribution >= 4 is 34.7 Å². The van der Waals surface area contributed by atoms with Gasteiger partial charge in [-0.2, -0.15) is 0 Å². The molecule has 0 atom stereocenters. The maximum atomic E-state index is 5.69. The average molecular weight is 316 g/mol. The molecule has 1 aromatic heterocycles. The van der Waals surface area contributed by atoms with Crippen molar-refractivity contribution in [1.82, 2.24) is 4.98 Å². The van der Waals surface area contributed by atoms with Crippen LogP contribution in [0, 0.1) is 0 Å². The van der Waals surface area contributed by atoms with Gasteiger partial charge in [-0.15, -0.1) is 0 Å². The van der Waals surface area contributed by atoms with Gasteiger partial charge < -0.3 is 14.6 Å². The van der Waals surface area contributed by atoms with Gasteiger partial charge in [0.1, 0.15) is 5.76 Å². The number of oxazole rings is 1. The minimum absolute atomic E-state index is 0.448. The van der Waals surface area contributed by atoms with Crippen molar-refractivity contribution in [3.05, 3.63) is 36.2 Å². The number of benzene rings is 1. The quantitative estimate of drug-likeness (QED) is 0.837. The van der Waals surface area contributed by atoms with Crippen molar-refractivity contribution < 1.29 is 4.42 Å². The molecular formula is C16H20N4OS. The van der Waals surface area contributed by atoms with Crippen molar-refractivity contribution in [2.75, 3.05) is 29.6 Å². The molecule has 0 saturated heterocycles. The van der Waals surface area contributed by atoms with Crippen LogP contribution in [-0.4, -0.2) is 24.2 Å². The molecule has 3 rings (SSSR count). The van der Waals surface area contributed by atoms with Crippen LogP contribution in [-0.2, 0) is 0 Å². The third-order valence-electron chi connectivity index (χ3n) is 3.89. The second-order valence-corrected chi connectivity index (χ2v) is 6.12. The van der Waals surface area contributed by atoms with Gasteiger partial charge in [0.05, 0.1) is 6.20 Å². The number of hydrogen-bond donors (Lipinski definition) is 2. The molecule has 1 aliphatic rings.